The Bertz CT molecular complexity index is 381. The van der Waals surface area contributed by atoms with Gasteiger partial charge >= 0.3 is 22.3 Å². The number of rotatable bonds is 8. The zero-order valence-electron chi connectivity index (χ0n) is 10.3. The lowest BCUT2D eigenvalue weighted by atomic mass is 10.1. The molecule has 0 fully saturated rings. The predicted octanol–water partition coefficient (Wildman–Crippen LogP) is 0.0678. The fourth-order valence-corrected chi connectivity index (χ4v) is 1.88. The van der Waals surface area contributed by atoms with Gasteiger partial charge in [0.1, 0.15) is 0 Å². The molecule has 0 heterocycles. The van der Waals surface area contributed by atoms with Gasteiger partial charge < -0.3 is 9.84 Å². The third-order valence-corrected chi connectivity index (χ3v) is 2.95. The van der Waals surface area contributed by atoms with Crippen molar-refractivity contribution >= 4 is 22.3 Å². The SMILES string of the molecule is CCOC(=O)NS(=O)(=O)NCC(C)CCC(=O)O. The summed E-state index contributed by atoms with van der Waals surface area (Å²) in [6.45, 7) is 3.36. The number of ether oxygens (including phenoxy) is 1. The van der Waals surface area contributed by atoms with Gasteiger partial charge in [0.25, 0.3) is 0 Å². The normalized spacial score (nSPS) is 12.8. The molecule has 106 valence electrons. The van der Waals surface area contributed by atoms with E-state index in [1.54, 1.807) is 18.6 Å². The molecule has 0 saturated heterocycles. The summed E-state index contributed by atoms with van der Waals surface area (Å²) in [6, 6.07) is 0. The number of carbonyl (C=O) groups excluding carboxylic acids is 1. The van der Waals surface area contributed by atoms with E-state index in [1.165, 1.54) is 0 Å². The summed E-state index contributed by atoms with van der Waals surface area (Å²) in [4.78, 5) is 21.2. The predicted molar refractivity (Wildman–Crippen MR) is 63.1 cm³/mol. The van der Waals surface area contributed by atoms with Gasteiger partial charge in [-0.3, -0.25) is 4.79 Å². The van der Waals surface area contributed by atoms with Crippen molar-refractivity contribution in [2.45, 2.75) is 26.7 Å². The first-order valence-corrected chi connectivity index (χ1v) is 6.91. The van der Waals surface area contributed by atoms with Gasteiger partial charge in [-0.2, -0.15) is 13.1 Å². The van der Waals surface area contributed by atoms with Crippen LogP contribution in [-0.4, -0.2) is 38.7 Å². The maximum absolute atomic E-state index is 11.3. The van der Waals surface area contributed by atoms with E-state index in [9.17, 15) is 18.0 Å². The van der Waals surface area contributed by atoms with E-state index in [2.05, 4.69) is 9.46 Å². The molecular formula is C9H18N2O6S. The Balaban J connectivity index is 4.03. The molecule has 1 unspecified atom stereocenters. The molecule has 0 radical (unpaired) electrons. The molecule has 0 aromatic rings. The van der Waals surface area contributed by atoms with E-state index in [1.807, 2.05) is 0 Å². The summed E-state index contributed by atoms with van der Waals surface area (Å²) in [5, 5.41) is 8.46. The minimum absolute atomic E-state index is 0.0335. The molecule has 0 rings (SSSR count). The van der Waals surface area contributed by atoms with Gasteiger partial charge in [-0.15, -0.1) is 0 Å². The number of carbonyl (C=O) groups is 2. The number of aliphatic carboxylic acids is 1. The molecule has 0 aliphatic rings. The van der Waals surface area contributed by atoms with Crippen molar-refractivity contribution in [3.8, 4) is 0 Å². The molecular weight excluding hydrogens is 264 g/mol. The van der Waals surface area contributed by atoms with Crippen LogP contribution in [-0.2, 0) is 19.7 Å². The molecule has 0 aliphatic carbocycles. The standard InChI is InChI=1S/C9H18N2O6S/c1-3-17-9(14)11-18(15,16)10-6-7(2)4-5-8(12)13/h7,10H,3-6H2,1-2H3,(H,11,14)(H,12,13). The lowest BCUT2D eigenvalue weighted by Gasteiger charge is -2.12. The van der Waals surface area contributed by atoms with Gasteiger partial charge in [-0.25, -0.2) is 9.52 Å². The second kappa shape index (κ2) is 7.88. The van der Waals surface area contributed by atoms with Gasteiger partial charge in [-0.05, 0) is 19.3 Å². The van der Waals surface area contributed by atoms with E-state index in [0.717, 1.165) is 0 Å². The minimum atomic E-state index is -3.96. The second-order valence-electron chi connectivity index (χ2n) is 3.71. The summed E-state index contributed by atoms with van der Waals surface area (Å²) in [7, 11) is -3.96. The van der Waals surface area contributed by atoms with Crippen LogP contribution in [0.2, 0.25) is 0 Å². The Morgan fingerprint density at radius 2 is 2.00 bits per heavy atom. The van der Waals surface area contributed by atoms with E-state index < -0.39 is 22.3 Å². The van der Waals surface area contributed by atoms with E-state index in [4.69, 9.17) is 5.11 Å². The van der Waals surface area contributed by atoms with Crippen LogP contribution in [0.15, 0.2) is 0 Å². The minimum Gasteiger partial charge on any atom is -0.481 e. The number of amides is 1. The average Bonchev–Trinajstić information content (AvgIpc) is 2.23. The van der Waals surface area contributed by atoms with Crippen LogP contribution in [0, 0.1) is 5.92 Å². The number of carboxylic acids is 1. The fraction of sp³-hybridized carbons (Fsp3) is 0.778. The van der Waals surface area contributed by atoms with E-state index >= 15 is 0 Å². The molecule has 1 atom stereocenters. The quantitative estimate of drug-likeness (QED) is 0.579. The van der Waals surface area contributed by atoms with Crippen LogP contribution in [0.1, 0.15) is 26.7 Å². The number of carboxylic acid groups (broad SMARTS) is 1. The highest BCUT2D eigenvalue weighted by molar-refractivity contribution is 7.88. The first-order valence-electron chi connectivity index (χ1n) is 5.42. The summed E-state index contributed by atoms with van der Waals surface area (Å²) >= 11 is 0. The van der Waals surface area contributed by atoms with Crippen molar-refractivity contribution in [2.75, 3.05) is 13.2 Å². The summed E-state index contributed by atoms with van der Waals surface area (Å²) < 4.78 is 30.9. The van der Waals surface area contributed by atoms with Crippen molar-refractivity contribution in [1.82, 2.24) is 9.44 Å². The highest BCUT2D eigenvalue weighted by Gasteiger charge is 2.16. The lowest BCUT2D eigenvalue weighted by Crippen LogP contribution is -2.42. The maximum atomic E-state index is 11.3. The first-order chi connectivity index (χ1) is 8.26. The van der Waals surface area contributed by atoms with Crippen molar-refractivity contribution in [3.05, 3.63) is 0 Å². The Hall–Kier alpha value is -1.35. The molecule has 0 aromatic carbocycles. The molecule has 1 amide bonds. The van der Waals surface area contributed by atoms with Crippen LogP contribution in [0.4, 0.5) is 4.79 Å². The van der Waals surface area contributed by atoms with Crippen LogP contribution >= 0.6 is 0 Å². The van der Waals surface area contributed by atoms with E-state index in [-0.39, 0.29) is 25.5 Å². The smallest absolute Gasteiger partial charge is 0.421 e. The largest absolute Gasteiger partial charge is 0.481 e. The first kappa shape index (κ1) is 16.6. The molecule has 0 spiro atoms. The summed E-state index contributed by atoms with van der Waals surface area (Å²) in [5.41, 5.74) is 0. The number of hydrogen-bond donors (Lipinski definition) is 3. The van der Waals surface area contributed by atoms with Gasteiger partial charge in [0.15, 0.2) is 0 Å². The topological polar surface area (TPSA) is 122 Å². The number of hydrogen-bond acceptors (Lipinski definition) is 5. The molecule has 0 aliphatic heterocycles. The number of nitrogens with one attached hydrogen (secondary N) is 2. The van der Waals surface area contributed by atoms with Crippen LogP contribution in [0.3, 0.4) is 0 Å². The Morgan fingerprint density at radius 3 is 2.50 bits per heavy atom. The van der Waals surface area contributed by atoms with Gasteiger partial charge in [-0.1, -0.05) is 6.92 Å². The molecule has 0 bridgehead atoms. The monoisotopic (exact) mass is 282 g/mol. The summed E-state index contributed by atoms with van der Waals surface area (Å²) in [5.74, 6) is -1.09. The maximum Gasteiger partial charge on any atom is 0.421 e. The van der Waals surface area contributed by atoms with Gasteiger partial charge in [0, 0.05) is 13.0 Å². The Morgan fingerprint density at radius 1 is 1.39 bits per heavy atom. The highest BCUT2D eigenvalue weighted by atomic mass is 32.2. The Kier molecular flexibility index (Phi) is 7.29. The van der Waals surface area contributed by atoms with Crippen molar-refractivity contribution in [2.24, 2.45) is 5.92 Å². The molecule has 3 N–H and O–H groups in total. The fourth-order valence-electron chi connectivity index (χ4n) is 1.03. The Labute approximate surface area is 106 Å². The van der Waals surface area contributed by atoms with Crippen molar-refractivity contribution in [1.29, 1.82) is 0 Å². The van der Waals surface area contributed by atoms with Crippen LogP contribution in [0.5, 0.6) is 0 Å². The highest BCUT2D eigenvalue weighted by Crippen LogP contribution is 2.04. The average molecular weight is 282 g/mol. The lowest BCUT2D eigenvalue weighted by molar-refractivity contribution is -0.137. The zero-order valence-corrected chi connectivity index (χ0v) is 11.1. The van der Waals surface area contributed by atoms with E-state index in [0.29, 0.717) is 6.42 Å². The third kappa shape index (κ3) is 8.76. The van der Waals surface area contributed by atoms with Crippen molar-refractivity contribution in [3.63, 3.8) is 0 Å². The molecule has 9 heteroatoms. The molecule has 8 nitrogen and oxygen atoms in total. The van der Waals surface area contributed by atoms with Gasteiger partial charge in [0.05, 0.1) is 6.61 Å². The molecule has 0 saturated carbocycles. The van der Waals surface area contributed by atoms with Crippen molar-refractivity contribution < 1.29 is 27.9 Å². The van der Waals surface area contributed by atoms with Crippen LogP contribution < -0.4 is 9.44 Å². The molecule has 18 heavy (non-hydrogen) atoms. The zero-order chi connectivity index (χ0) is 14.2. The van der Waals surface area contributed by atoms with Gasteiger partial charge in [0.2, 0.25) is 0 Å². The summed E-state index contributed by atoms with van der Waals surface area (Å²) in [6.07, 6.45) is -0.742. The van der Waals surface area contributed by atoms with Crippen LogP contribution in [0.25, 0.3) is 0 Å². The third-order valence-electron chi connectivity index (χ3n) is 1.97. The molecule has 0 aromatic heterocycles. The second-order valence-corrected chi connectivity index (χ2v) is 5.21.